The summed E-state index contributed by atoms with van der Waals surface area (Å²) in [6, 6.07) is 0. The standard InChI is InChI=1S/C15H29NO2/c1-14(2)8-13(15(3,4)18-14)17-10-12-7-5-6-11(12)9-16/h11-13H,5-10,16H2,1-4H3. The van der Waals surface area contributed by atoms with E-state index in [1.54, 1.807) is 0 Å². The zero-order valence-corrected chi connectivity index (χ0v) is 12.4. The Morgan fingerprint density at radius 2 is 1.83 bits per heavy atom. The van der Waals surface area contributed by atoms with Crippen molar-refractivity contribution in [2.75, 3.05) is 13.2 Å². The molecule has 0 radical (unpaired) electrons. The second-order valence-electron chi connectivity index (χ2n) is 7.18. The molecule has 0 spiro atoms. The Labute approximate surface area is 111 Å². The maximum Gasteiger partial charge on any atom is 0.0895 e. The highest BCUT2D eigenvalue weighted by molar-refractivity contribution is 4.95. The molecular formula is C15H29NO2. The van der Waals surface area contributed by atoms with Crippen molar-refractivity contribution in [1.82, 2.24) is 0 Å². The van der Waals surface area contributed by atoms with Gasteiger partial charge in [-0.1, -0.05) is 6.42 Å². The summed E-state index contributed by atoms with van der Waals surface area (Å²) in [7, 11) is 0. The van der Waals surface area contributed by atoms with Crippen LogP contribution in [0, 0.1) is 11.8 Å². The summed E-state index contributed by atoms with van der Waals surface area (Å²) in [6.07, 6.45) is 5.07. The average Bonchev–Trinajstić information content (AvgIpc) is 2.76. The minimum Gasteiger partial charge on any atom is -0.375 e. The molecule has 3 heteroatoms. The number of ether oxygens (including phenoxy) is 2. The van der Waals surface area contributed by atoms with E-state index >= 15 is 0 Å². The maximum atomic E-state index is 6.19. The lowest BCUT2D eigenvalue weighted by atomic mass is 9.95. The van der Waals surface area contributed by atoms with Gasteiger partial charge in [0, 0.05) is 6.42 Å². The molecule has 0 amide bonds. The van der Waals surface area contributed by atoms with E-state index in [0.717, 1.165) is 19.6 Å². The number of hydrogen-bond donors (Lipinski definition) is 1. The number of nitrogens with two attached hydrogens (primary N) is 1. The van der Waals surface area contributed by atoms with Crippen LogP contribution in [0.25, 0.3) is 0 Å². The molecule has 3 atom stereocenters. The first kappa shape index (κ1) is 14.3. The summed E-state index contributed by atoms with van der Waals surface area (Å²) in [5, 5.41) is 0. The molecule has 18 heavy (non-hydrogen) atoms. The van der Waals surface area contributed by atoms with E-state index in [1.807, 2.05) is 0 Å². The van der Waals surface area contributed by atoms with Crippen molar-refractivity contribution in [1.29, 1.82) is 0 Å². The van der Waals surface area contributed by atoms with Gasteiger partial charge >= 0.3 is 0 Å². The second kappa shape index (κ2) is 5.10. The van der Waals surface area contributed by atoms with Crippen LogP contribution in [0.2, 0.25) is 0 Å². The van der Waals surface area contributed by atoms with Gasteiger partial charge in [-0.15, -0.1) is 0 Å². The molecule has 2 N–H and O–H groups in total. The molecule has 0 aromatic rings. The van der Waals surface area contributed by atoms with Crippen molar-refractivity contribution in [3.63, 3.8) is 0 Å². The van der Waals surface area contributed by atoms with Crippen LogP contribution in [-0.2, 0) is 9.47 Å². The first-order valence-electron chi connectivity index (χ1n) is 7.36. The zero-order valence-electron chi connectivity index (χ0n) is 12.4. The molecule has 1 aliphatic heterocycles. The molecule has 0 aromatic heterocycles. The first-order chi connectivity index (χ1) is 8.34. The molecule has 1 saturated heterocycles. The van der Waals surface area contributed by atoms with Crippen LogP contribution in [0.1, 0.15) is 53.4 Å². The monoisotopic (exact) mass is 255 g/mol. The predicted octanol–water partition coefficient (Wildman–Crippen LogP) is 2.72. The van der Waals surface area contributed by atoms with Gasteiger partial charge in [-0.05, 0) is 58.9 Å². The molecule has 1 saturated carbocycles. The Kier molecular flexibility index (Phi) is 4.05. The Morgan fingerprint density at radius 3 is 2.39 bits per heavy atom. The zero-order chi connectivity index (χ0) is 13.4. The molecule has 106 valence electrons. The Hall–Kier alpha value is -0.120. The lowest BCUT2D eigenvalue weighted by Crippen LogP contribution is -2.36. The highest BCUT2D eigenvalue weighted by atomic mass is 16.6. The van der Waals surface area contributed by atoms with Crippen LogP contribution in [-0.4, -0.2) is 30.5 Å². The largest absolute Gasteiger partial charge is 0.375 e. The van der Waals surface area contributed by atoms with Crippen molar-refractivity contribution in [3.05, 3.63) is 0 Å². The van der Waals surface area contributed by atoms with E-state index in [0.29, 0.717) is 11.8 Å². The van der Waals surface area contributed by atoms with Gasteiger partial charge in [0.1, 0.15) is 0 Å². The lowest BCUT2D eigenvalue weighted by Gasteiger charge is -2.28. The SMILES string of the molecule is CC1(C)CC(OCC2CCCC2CN)C(C)(C)O1. The van der Waals surface area contributed by atoms with Crippen LogP contribution >= 0.6 is 0 Å². The highest BCUT2D eigenvalue weighted by Gasteiger charge is 2.47. The van der Waals surface area contributed by atoms with Gasteiger partial charge in [0.15, 0.2) is 0 Å². The quantitative estimate of drug-likeness (QED) is 0.840. The third kappa shape index (κ3) is 3.06. The highest BCUT2D eigenvalue weighted by Crippen LogP contribution is 2.40. The normalized spacial score (nSPS) is 38.2. The lowest BCUT2D eigenvalue weighted by molar-refractivity contribution is -0.108. The van der Waals surface area contributed by atoms with Crippen molar-refractivity contribution in [2.45, 2.75) is 70.7 Å². The van der Waals surface area contributed by atoms with Gasteiger partial charge in [-0.25, -0.2) is 0 Å². The van der Waals surface area contributed by atoms with Crippen molar-refractivity contribution < 1.29 is 9.47 Å². The molecule has 2 aliphatic rings. The van der Waals surface area contributed by atoms with E-state index < -0.39 is 0 Å². The van der Waals surface area contributed by atoms with Crippen molar-refractivity contribution in [2.24, 2.45) is 17.6 Å². The Bertz CT molecular complexity index is 288. The van der Waals surface area contributed by atoms with E-state index in [1.165, 1.54) is 19.3 Å². The number of hydrogen-bond acceptors (Lipinski definition) is 3. The van der Waals surface area contributed by atoms with Gasteiger partial charge in [-0.3, -0.25) is 0 Å². The van der Waals surface area contributed by atoms with Gasteiger partial charge in [0.25, 0.3) is 0 Å². The van der Waals surface area contributed by atoms with Crippen LogP contribution in [0.4, 0.5) is 0 Å². The molecule has 0 aromatic carbocycles. The Morgan fingerprint density at radius 1 is 1.17 bits per heavy atom. The van der Waals surface area contributed by atoms with E-state index in [-0.39, 0.29) is 17.3 Å². The topological polar surface area (TPSA) is 44.5 Å². The number of rotatable bonds is 4. The van der Waals surface area contributed by atoms with Gasteiger partial charge in [0.05, 0.1) is 23.9 Å². The van der Waals surface area contributed by atoms with Gasteiger partial charge in [0.2, 0.25) is 0 Å². The van der Waals surface area contributed by atoms with Gasteiger partial charge in [-0.2, -0.15) is 0 Å². The molecule has 1 aliphatic carbocycles. The van der Waals surface area contributed by atoms with E-state index in [2.05, 4.69) is 27.7 Å². The van der Waals surface area contributed by atoms with Crippen LogP contribution in [0.3, 0.4) is 0 Å². The molecular weight excluding hydrogens is 226 g/mol. The fourth-order valence-electron chi connectivity index (χ4n) is 3.65. The fraction of sp³-hybridized carbons (Fsp3) is 1.00. The summed E-state index contributed by atoms with van der Waals surface area (Å²) in [5.41, 5.74) is 5.60. The van der Waals surface area contributed by atoms with Crippen molar-refractivity contribution in [3.8, 4) is 0 Å². The third-order valence-electron chi connectivity index (χ3n) is 4.62. The van der Waals surface area contributed by atoms with E-state index in [4.69, 9.17) is 15.2 Å². The first-order valence-corrected chi connectivity index (χ1v) is 7.36. The minimum atomic E-state index is -0.166. The third-order valence-corrected chi connectivity index (χ3v) is 4.62. The Balaban J connectivity index is 1.87. The van der Waals surface area contributed by atoms with Crippen molar-refractivity contribution >= 4 is 0 Å². The summed E-state index contributed by atoms with van der Waals surface area (Å²) in [4.78, 5) is 0. The molecule has 2 fully saturated rings. The maximum absolute atomic E-state index is 6.19. The summed E-state index contributed by atoms with van der Waals surface area (Å²) in [5.74, 6) is 1.33. The summed E-state index contributed by atoms with van der Waals surface area (Å²) >= 11 is 0. The molecule has 0 bridgehead atoms. The summed E-state index contributed by atoms with van der Waals surface area (Å²) in [6.45, 7) is 10.2. The second-order valence-corrected chi connectivity index (χ2v) is 7.18. The van der Waals surface area contributed by atoms with Gasteiger partial charge < -0.3 is 15.2 Å². The smallest absolute Gasteiger partial charge is 0.0895 e. The predicted molar refractivity (Wildman–Crippen MR) is 73.5 cm³/mol. The summed E-state index contributed by atoms with van der Waals surface area (Å²) < 4.78 is 12.3. The van der Waals surface area contributed by atoms with Crippen LogP contribution in [0.15, 0.2) is 0 Å². The fourth-order valence-corrected chi connectivity index (χ4v) is 3.65. The average molecular weight is 255 g/mol. The molecule has 2 rings (SSSR count). The molecule has 1 heterocycles. The van der Waals surface area contributed by atoms with Crippen LogP contribution < -0.4 is 5.73 Å². The molecule has 3 nitrogen and oxygen atoms in total. The molecule has 3 unspecified atom stereocenters. The van der Waals surface area contributed by atoms with Crippen LogP contribution in [0.5, 0.6) is 0 Å². The van der Waals surface area contributed by atoms with E-state index in [9.17, 15) is 0 Å². The minimum absolute atomic E-state index is 0.0584.